The van der Waals surface area contributed by atoms with Crippen molar-refractivity contribution in [1.29, 1.82) is 0 Å². The number of aromatic hydroxyl groups is 1. The number of para-hydroxylation sites is 1. The summed E-state index contributed by atoms with van der Waals surface area (Å²) in [5, 5.41) is 12.9. The Morgan fingerprint density at radius 3 is 2.83 bits per heavy atom. The fraction of sp³-hybridized carbons (Fsp3) is 0.389. The molecule has 1 aliphatic heterocycles. The second kappa shape index (κ2) is 7.88. The first-order chi connectivity index (χ1) is 11.7. The van der Waals surface area contributed by atoms with E-state index in [1.807, 2.05) is 12.1 Å². The predicted octanol–water partition coefficient (Wildman–Crippen LogP) is 2.88. The maximum Gasteiger partial charge on any atom is 0.318 e. The lowest BCUT2D eigenvalue weighted by Crippen LogP contribution is -2.42. The number of hydrogen-bond donors (Lipinski definition) is 2. The van der Waals surface area contributed by atoms with Crippen LogP contribution in [0.1, 0.15) is 24.2 Å². The lowest BCUT2D eigenvalue weighted by molar-refractivity contribution is 0.108. The molecule has 1 aromatic carbocycles. The first kappa shape index (κ1) is 16.4. The molecular weight excluding hydrogens is 308 g/mol. The van der Waals surface area contributed by atoms with E-state index in [9.17, 15) is 9.90 Å². The van der Waals surface area contributed by atoms with Crippen LogP contribution in [0.4, 0.5) is 4.79 Å². The number of phenols is 1. The number of urea groups is 1. The molecule has 2 aromatic rings. The van der Waals surface area contributed by atoms with Crippen molar-refractivity contribution in [3.63, 3.8) is 0 Å². The molecule has 6 heteroatoms. The highest BCUT2D eigenvalue weighted by atomic mass is 16.5. The number of carbonyl (C=O) groups is 1. The molecule has 6 nitrogen and oxygen atoms in total. The summed E-state index contributed by atoms with van der Waals surface area (Å²) in [5.74, 6) is 0.867. The molecule has 2 heterocycles. The average Bonchev–Trinajstić information content (AvgIpc) is 3.27. The molecule has 24 heavy (non-hydrogen) atoms. The fourth-order valence-electron chi connectivity index (χ4n) is 2.76. The molecule has 1 atom stereocenters. The fourth-order valence-corrected chi connectivity index (χ4v) is 2.76. The molecule has 0 aliphatic carbocycles. The zero-order chi connectivity index (χ0) is 16.8. The largest absolute Gasteiger partial charge is 0.508 e. The molecule has 2 amide bonds. The highest BCUT2D eigenvalue weighted by Crippen LogP contribution is 2.19. The van der Waals surface area contributed by atoms with Gasteiger partial charge >= 0.3 is 6.03 Å². The minimum absolute atomic E-state index is 0.0875. The van der Waals surface area contributed by atoms with Gasteiger partial charge in [0, 0.05) is 18.7 Å². The molecule has 1 saturated heterocycles. The lowest BCUT2D eigenvalue weighted by Gasteiger charge is -2.23. The van der Waals surface area contributed by atoms with Crippen molar-refractivity contribution >= 4 is 6.03 Å². The van der Waals surface area contributed by atoms with Crippen molar-refractivity contribution < 1.29 is 19.1 Å². The van der Waals surface area contributed by atoms with Gasteiger partial charge in [0.2, 0.25) is 0 Å². The predicted molar refractivity (Wildman–Crippen MR) is 88.4 cm³/mol. The van der Waals surface area contributed by atoms with E-state index in [-0.39, 0.29) is 17.9 Å². The molecule has 128 valence electrons. The van der Waals surface area contributed by atoms with Gasteiger partial charge in [-0.05, 0) is 31.0 Å². The third-order valence-corrected chi connectivity index (χ3v) is 4.07. The van der Waals surface area contributed by atoms with Crippen LogP contribution >= 0.6 is 0 Å². The van der Waals surface area contributed by atoms with Gasteiger partial charge < -0.3 is 24.5 Å². The standard InChI is InChI=1S/C18H22N2O4/c21-17-8-2-1-5-14(17)12-20(13-16-7-4-10-24-16)18(22)19-11-15-6-3-9-23-15/h1-2,4-5,7-8,10,15,21H,3,6,9,11-13H2,(H,19,22). The van der Waals surface area contributed by atoms with Gasteiger partial charge in [-0.15, -0.1) is 0 Å². The Labute approximate surface area is 141 Å². The minimum atomic E-state index is -0.204. The summed E-state index contributed by atoms with van der Waals surface area (Å²) in [6.07, 6.45) is 3.68. The summed E-state index contributed by atoms with van der Waals surface area (Å²) in [7, 11) is 0. The highest BCUT2D eigenvalue weighted by molar-refractivity contribution is 5.74. The Morgan fingerprint density at radius 2 is 2.12 bits per heavy atom. The van der Waals surface area contributed by atoms with E-state index in [1.54, 1.807) is 35.4 Å². The number of hydrogen-bond acceptors (Lipinski definition) is 4. The molecule has 1 unspecified atom stereocenters. The van der Waals surface area contributed by atoms with E-state index in [2.05, 4.69) is 5.32 Å². The third kappa shape index (κ3) is 4.29. The number of benzene rings is 1. The average molecular weight is 330 g/mol. The number of amides is 2. The van der Waals surface area contributed by atoms with Gasteiger partial charge in [-0.3, -0.25) is 0 Å². The van der Waals surface area contributed by atoms with Crippen LogP contribution in [0.2, 0.25) is 0 Å². The maximum atomic E-state index is 12.6. The summed E-state index contributed by atoms with van der Waals surface area (Å²) >= 11 is 0. The minimum Gasteiger partial charge on any atom is -0.508 e. The van der Waals surface area contributed by atoms with Gasteiger partial charge in [-0.25, -0.2) is 4.79 Å². The highest BCUT2D eigenvalue weighted by Gasteiger charge is 2.20. The Bertz CT molecular complexity index is 651. The number of rotatable bonds is 6. The summed E-state index contributed by atoms with van der Waals surface area (Å²) in [6.45, 7) is 1.88. The third-order valence-electron chi connectivity index (χ3n) is 4.07. The number of carbonyl (C=O) groups excluding carboxylic acids is 1. The van der Waals surface area contributed by atoms with Crippen molar-refractivity contribution in [3.8, 4) is 5.75 Å². The summed E-state index contributed by atoms with van der Waals surface area (Å²) in [5.41, 5.74) is 0.691. The Morgan fingerprint density at radius 1 is 1.25 bits per heavy atom. The summed E-state index contributed by atoms with van der Waals surface area (Å²) in [4.78, 5) is 14.2. The monoisotopic (exact) mass is 330 g/mol. The van der Waals surface area contributed by atoms with Gasteiger partial charge in [0.15, 0.2) is 0 Å². The molecule has 0 spiro atoms. The van der Waals surface area contributed by atoms with Gasteiger partial charge in [-0.2, -0.15) is 0 Å². The molecule has 1 aromatic heterocycles. The van der Waals surface area contributed by atoms with Crippen molar-refractivity contribution in [2.45, 2.75) is 32.0 Å². The second-order valence-corrected chi connectivity index (χ2v) is 5.89. The van der Waals surface area contributed by atoms with Crippen LogP contribution in [0.25, 0.3) is 0 Å². The van der Waals surface area contributed by atoms with Crippen LogP contribution in [0.3, 0.4) is 0 Å². The van der Waals surface area contributed by atoms with E-state index >= 15 is 0 Å². The zero-order valence-corrected chi connectivity index (χ0v) is 13.5. The second-order valence-electron chi connectivity index (χ2n) is 5.89. The number of furan rings is 1. The van der Waals surface area contributed by atoms with E-state index in [0.717, 1.165) is 19.4 Å². The molecule has 2 N–H and O–H groups in total. The first-order valence-corrected chi connectivity index (χ1v) is 8.16. The Hall–Kier alpha value is -2.47. The lowest BCUT2D eigenvalue weighted by atomic mass is 10.2. The number of nitrogens with zero attached hydrogens (tertiary/aromatic N) is 1. The summed E-state index contributed by atoms with van der Waals surface area (Å²) < 4.78 is 10.9. The van der Waals surface area contributed by atoms with Crippen LogP contribution in [0, 0.1) is 0 Å². The van der Waals surface area contributed by atoms with Crippen molar-refractivity contribution in [2.24, 2.45) is 0 Å². The normalized spacial score (nSPS) is 16.9. The van der Waals surface area contributed by atoms with Gasteiger partial charge in [0.1, 0.15) is 11.5 Å². The quantitative estimate of drug-likeness (QED) is 0.854. The SMILES string of the molecule is O=C(NCC1CCCO1)N(Cc1ccco1)Cc1ccccc1O. The van der Waals surface area contributed by atoms with E-state index < -0.39 is 0 Å². The number of nitrogens with one attached hydrogen (secondary N) is 1. The van der Waals surface area contributed by atoms with Crippen LogP contribution in [-0.4, -0.2) is 35.3 Å². The molecule has 0 saturated carbocycles. The van der Waals surface area contributed by atoms with Crippen LogP contribution in [0.5, 0.6) is 5.75 Å². The van der Waals surface area contributed by atoms with Crippen molar-refractivity contribution in [2.75, 3.05) is 13.2 Å². The number of phenolic OH excluding ortho intramolecular Hbond substituents is 1. The van der Waals surface area contributed by atoms with Crippen molar-refractivity contribution in [1.82, 2.24) is 10.2 Å². The van der Waals surface area contributed by atoms with Gasteiger partial charge in [0.25, 0.3) is 0 Å². The summed E-state index contributed by atoms with van der Waals surface area (Å²) in [6, 6.07) is 10.4. The van der Waals surface area contributed by atoms with Crippen LogP contribution in [-0.2, 0) is 17.8 Å². The topological polar surface area (TPSA) is 74.9 Å². The Kier molecular flexibility index (Phi) is 5.38. The van der Waals surface area contributed by atoms with Gasteiger partial charge in [0.05, 0.1) is 25.5 Å². The Balaban J connectivity index is 1.66. The maximum absolute atomic E-state index is 12.6. The molecular formula is C18H22N2O4. The first-order valence-electron chi connectivity index (χ1n) is 8.16. The molecule has 0 radical (unpaired) electrons. The molecule has 1 fully saturated rings. The van der Waals surface area contributed by atoms with Gasteiger partial charge in [-0.1, -0.05) is 18.2 Å². The van der Waals surface area contributed by atoms with Crippen LogP contribution < -0.4 is 5.32 Å². The smallest absolute Gasteiger partial charge is 0.318 e. The molecule has 1 aliphatic rings. The molecule has 3 rings (SSSR count). The number of ether oxygens (including phenoxy) is 1. The zero-order valence-electron chi connectivity index (χ0n) is 13.5. The van der Waals surface area contributed by atoms with Crippen molar-refractivity contribution in [3.05, 3.63) is 54.0 Å². The van der Waals surface area contributed by atoms with E-state index in [0.29, 0.717) is 31.0 Å². The molecule has 0 bridgehead atoms. The van der Waals surface area contributed by atoms with E-state index in [4.69, 9.17) is 9.15 Å². The van der Waals surface area contributed by atoms with Crippen LogP contribution in [0.15, 0.2) is 47.1 Å². The van der Waals surface area contributed by atoms with E-state index in [1.165, 1.54) is 0 Å².